The number of aryl methyl sites for hydroxylation is 1. The molecule has 0 spiro atoms. The molecule has 1 heterocycles. The van der Waals surface area contributed by atoms with Gasteiger partial charge in [0.05, 0.1) is 39.0 Å². The smallest absolute Gasteiger partial charge is 0.282 e. The Morgan fingerprint density at radius 3 is 2.63 bits per heavy atom. The fraction of sp³-hybridized carbons (Fsp3) is 0.381. The van der Waals surface area contributed by atoms with Crippen LogP contribution in [0.4, 0.5) is 11.4 Å². The molecule has 1 saturated heterocycles. The number of nitrogens with one attached hydrogen (secondary N) is 2. The van der Waals surface area contributed by atoms with Crippen molar-refractivity contribution in [2.45, 2.75) is 19.9 Å². The maximum absolute atomic E-state index is 12.7. The lowest BCUT2D eigenvalue weighted by atomic mass is 10.1. The molecule has 144 valence electrons. The van der Waals surface area contributed by atoms with Crippen LogP contribution in [0, 0.1) is 6.92 Å². The summed E-state index contributed by atoms with van der Waals surface area (Å²) in [6.07, 6.45) is 0. The van der Waals surface area contributed by atoms with E-state index in [0.29, 0.717) is 11.4 Å². The van der Waals surface area contributed by atoms with Crippen molar-refractivity contribution >= 4 is 28.9 Å². The van der Waals surface area contributed by atoms with Gasteiger partial charge < -0.3 is 19.9 Å². The quantitative estimate of drug-likeness (QED) is 0.826. The van der Waals surface area contributed by atoms with Crippen LogP contribution in [0.2, 0.25) is 5.02 Å². The van der Waals surface area contributed by atoms with E-state index < -0.39 is 0 Å². The molecular formula is C21H27ClN3O2+. The van der Waals surface area contributed by atoms with Gasteiger partial charge in [0.2, 0.25) is 0 Å². The maximum atomic E-state index is 12.7. The molecule has 27 heavy (non-hydrogen) atoms. The average Bonchev–Trinajstić information content (AvgIpc) is 2.69. The molecule has 0 unspecified atom stereocenters. The summed E-state index contributed by atoms with van der Waals surface area (Å²) in [5, 5.41) is 3.76. The van der Waals surface area contributed by atoms with Gasteiger partial charge in [0.25, 0.3) is 5.91 Å². The Morgan fingerprint density at radius 1 is 1.22 bits per heavy atom. The van der Waals surface area contributed by atoms with Gasteiger partial charge in [0.15, 0.2) is 6.04 Å². The normalized spacial score (nSPS) is 16.1. The molecule has 6 heteroatoms. The summed E-state index contributed by atoms with van der Waals surface area (Å²) in [6.45, 7) is 7.72. The van der Waals surface area contributed by atoms with Crippen LogP contribution in [0.3, 0.4) is 0 Å². The van der Waals surface area contributed by atoms with Crippen molar-refractivity contribution in [2.75, 3.05) is 43.5 Å². The van der Waals surface area contributed by atoms with Gasteiger partial charge in [-0.25, -0.2) is 0 Å². The van der Waals surface area contributed by atoms with Crippen LogP contribution in [-0.4, -0.2) is 45.2 Å². The standard InChI is InChI=1S/C21H26ClN3O2/c1-15-8-9-17(22)14-19(15)25-12-10-24(11-13-25)16(2)21(26)23-18-6-4-5-7-20(18)27-3/h4-9,14,16H,10-13H2,1-3H3,(H,23,26)/p+1/t16-/m1/s1. The lowest BCUT2D eigenvalue weighted by molar-refractivity contribution is -0.914. The Kier molecular flexibility index (Phi) is 6.24. The number of anilines is 2. The van der Waals surface area contributed by atoms with Gasteiger partial charge in [-0.15, -0.1) is 0 Å². The molecule has 2 aromatic carbocycles. The van der Waals surface area contributed by atoms with Crippen LogP contribution in [0.1, 0.15) is 12.5 Å². The zero-order chi connectivity index (χ0) is 19.4. The van der Waals surface area contributed by atoms with Gasteiger partial charge in [-0.3, -0.25) is 4.79 Å². The first-order valence-corrected chi connectivity index (χ1v) is 9.67. The highest BCUT2D eigenvalue weighted by molar-refractivity contribution is 6.30. The van der Waals surface area contributed by atoms with Crippen molar-refractivity contribution in [3.63, 3.8) is 0 Å². The highest BCUT2D eigenvalue weighted by atomic mass is 35.5. The second-order valence-electron chi connectivity index (χ2n) is 6.99. The number of carbonyl (C=O) groups excluding carboxylic acids is 1. The summed E-state index contributed by atoms with van der Waals surface area (Å²) >= 11 is 6.16. The Labute approximate surface area is 165 Å². The van der Waals surface area contributed by atoms with Crippen molar-refractivity contribution in [2.24, 2.45) is 0 Å². The predicted molar refractivity (Wildman–Crippen MR) is 110 cm³/mol. The number of nitrogens with zero attached hydrogens (tertiary/aromatic N) is 1. The largest absolute Gasteiger partial charge is 0.495 e. The first kappa shape index (κ1) is 19.5. The highest BCUT2D eigenvalue weighted by Crippen LogP contribution is 2.24. The second kappa shape index (κ2) is 8.63. The van der Waals surface area contributed by atoms with Crippen LogP contribution in [0.15, 0.2) is 42.5 Å². The third-order valence-electron chi connectivity index (χ3n) is 5.29. The van der Waals surface area contributed by atoms with E-state index in [0.717, 1.165) is 31.2 Å². The van der Waals surface area contributed by atoms with E-state index in [2.05, 4.69) is 23.2 Å². The van der Waals surface area contributed by atoms with Crippen LogP contribution in [-0.2, 0) is 4.79 Å². The molecule has 2 N–H and O–H groups in total. The average molecular weight is 389 g/mol. The van der Waals surface area contributed by atoms with Crippen molar-refractivity contribution in [3.05, 3.63) is 53.1 Å². The fourth-order valence-corrected chi connectivity index (χ4v) is 3.73. The number of ether oxygens (including phenoxy) is 1. The number of hydrogen-bond donors (Lipinski definition) is 2. The van der Waals surface area contributed by atoms with E-state index >= 15 is 0 Å². The van der Waals surface area contributed by atoms with Crippen LogP contribution in [0.25, 0.3) is 0 Å². The van der Waals surface area contributed by atoms with E-state index in [1.54, 1.807) is 7.11 Å². The maximum Gasteiger partial charge on any atom is 0.282 e. The summed E-state index contributed by atoms with van der Waals surface area (Å²) < 4.78 is 5.32. The predicted octanol–water partition coefficient (Wildman–Crippen LogP) is 2.39. The number of carbonyl (C=O) groups is 1. The van der Waals surface area contributed by atoms with Crippen molar-refractivity contribution in [1.82, 2.24) is 0 Å². The van der Waals surface area contributed by atoms with Gasteiger partial charge in [-0.05, 0) is 43.7 Å². The third-order valence-corrected chi connectivity index (χ3v) is 5.52. The van der Waals surface area contributed by atoms with E-state index in [1.807, 2.05) is 43.3 Å². The van der Waals surface area contributed by atoms with Crippen molar-refractivity contribution < 1.29 is 14.4 Å². The summed E-state index contributed by atoms with van der Waals surface area (Å²) in [6, 6.07) is 13.4. The Bertz CT molecular complexity index is 804. The molecule has 1 aliphatic rings. The molecule has 0 saturated carbocycles. The molecule has 0 aliphatic carbocycles. The topological polar surface area (TPSA) is 46.0 Å². The Balaban J connectivity index is 1.60. The highest BCUT2D eigenvalue weighted by Gasteiger charge is 2.30. The SMILES string of the molecule is COc1ccccc1NC(=O)[C@@H](C)[NH+]1CCN(c2cc(Cl)ccc2C)CC1. The monoisotopic (exact) mass is 388 g/mol. The molecule has 2 aromatic rings. The molecule has 1 atom stereocenters. The molecule has 5 nitrogen and oxygen atoms in total. The summed E-state index contributed by atoms with van der Waals surface area (Å²) in [5.41, 5.74) is 3.13. The molecule has 1 amide bonds. The zero-order valence-electron chi connectivity index (χ0n) is 16.1. The summed E-state index contributed by atoms with van der Waals surface area (Å²) in [7, 11) is 1.61. The number of quaternary nitrogens is 1. The number of rotatable bonds is 5. The molecule has 3 rings (SSSR count). The van der Waals surface area contributed by atoms with Gasteiger partial charge in [0.1, 0.15) is 5.75 Å². The molecular weight excluding hydrogens is 362 g/mol. The molecule has 0 radical (unpaired) electrons. The zero-order valence-corrected chi connectivity index (χ0v) is 16.8. The summed E-state index contributed by atoms with van der Waals surface area (Å²) in [5.74, 6) is 0.691. The van der Waals surface area contributed by atoms with E-state index in [1.165, 1.54) is 16.2 Å². The minimum atomic E-state index is -0.127. The number of methoxy groups -OCH3 is 1. The molecule has 1 fully saturated rings. The van der Waals surface area contributed by atoms with E-state index in [4.69, 9.17) is 16.3 Å². The lowest BCUT2D eigenvalue weighted by Crippen LogP contribution is -3.19. The number of halogens is 1. The second-order valence-corrected chi connectivity index (χ2v) is 7.42. The fourth-order valence-electron chi connectivity index (χ4n) is 3.57. The summed E-state index contributed by atoms with van der Waals surface area (Å²) in [4.78, 5) is 16.4. The Morgan fingerprint density at radius 2 is 1.93 bits per heavy atom. The van der Waals surface area contributed by atoms with Crippen molar-refractivity contribution in [1.29, 1.82) is 0 Å². The lowest BCUT2D eigenvalue weighted by Gasteiger charge is -2.36. The van der Waals surface area contributed by atoms with E-state index in [9.17, 15) is 4.79 Å². The Hall–Kier alpha value is -2.24. The molecule has 0 aromatic heterocycles. The molecule has 1 aliphatic heterocycles. The van der Waals surface area contributed by atoms with Gasteiger partial charge in [0, 0.05) is 10.7 Å². The number of piperazine rings is 1. The number of benzene rings is 2. The van der Waals surface area contributed by atoms with Crippen LogP contribution < -0.4 is 19.9 Å². The van der Waals surface area contributed by atoms with Crippen LogP contribution >= 0.6 is 11.6 Å². The minimum absolute atomic E-state index is 0.0156. The van der Waals surface area contributed by atoms with Crippen molar-refractivity contribution in [3.8, 4) is 5.75 Å². The van der Waals surface area contributed by atoms with Gasteiger partial charge in [-0.1, -0.05) is 29.8 Å². The first-order chi connectivity index (χ1) is 13.0. The van der Waals surface area contributed by atoms with E-state index in [-0.39, 0.29) is 11.9 Å². The van der Waals surface area contributed by atoms with Gasteiger partial charge in [-0.2, -0.15) is 0 Å². The first-order valence-electron chi connectivity index (χ1n) is 9.29. The number of para-hydroxylation sites is 2. The van der Waals surface area contributed by atoms with Gasteiger partial charge >= 0.3 is 0 Å². The third kappa shape index (κ3) is 4.54. The number of hydrogen-bond acceptors (Lipinski definition) is 3. The minimum Gasteiger partial charge on any atom is -0.495 e. The van der Waals surface area contributed by atoms with Crippen LogP contribution in [0.5, 0.6) is 5.75 Å². The number of amides is 1. The molecule has 0 bridgehead atoms.